The standard InChI is InChI=1S/C8H8Cl2N2.ClH/c1-5(11)12-8-3-2-6(9)4-7(8)10;/h2-4H,1H3,(H2,11,12);1H. The highest BCUT2D eigenvalue weighted by atomic mass is 35.5. The molecular formula is C8H9Cl3N2. The molecule has 1 aromatic carbocycles. The van der Waals surface area contributed by atoms with E-state index in [0.29, 0.717) is 21.6 Å². The summed E-state index contributed by atoms with van der Waals surface area (Å²) in [5.41, 5.74) is 6.03. The van der Waals surface area contributed by atoms with Crippen molar-refractivity contribution in [1.29, 1.82) is 0 Å². The number of rotatable bonds is 1. The molecule has 0 radical (unpaired) electrons. The summed E-state index contributed by atoms with van der Waals surface area (Å²) in [4.78, 5) is 4.00. The molecule has 5 heteroatoms. The number of amidine groups is 1. The molecule has 0 saturated carbocycles. The summed E-state index contributed by atoms with van der Waals surface area (Å²) >= 11 is 11.5. The number of benzene rings is 1. The van der Waals surface area contributed by atoms with Gasteiger partial charge in [-0.25, -0.2) is 4.99 Å². The Morgan fingerprint density at radius 2 is 2.00 bits per heavy atom. The maximum absolute atomic E-state index is 5.83. The maximum Gasteiger partial charge on any atom is 0.0965 e. The van der Waals surface area contributed by atoms with Gasteiger partial charge in [0.25, 0.3) is 0 Å². The van der Waals surface area contributed by atoms with Crippen molar-refractivity contribution in [2.45, 2.75) is 6.92 Å². The lowest BCUT2D eigenvalue weighted by molar-refractivity contribution is 1.45. The fourth-order valence-electron chi connectivity index (χ4n) is 0.762. The van der Waals surface area contributed by atoms with E-state index in [2.05, 4.69) is 4.99 Å². The van der Waals surface area contributed by atoms with Crippen LogP contribution in [0.5, 0.6) is 0 Å². The third-order valence-corrected chi connectivity index (χ3v) is 1.74. The van der Waals surface area contributed by atoms with Crippen LogP contribution in [0.2, 0.25) is 10.0 Å². The first-order valence-electron chi connectivity index (χ1n) is 3.35. The Labute approximate surface area is 93.2 Å². The van der Waals surface area contributed by atoms with E-state index in [-0.39, 0.29) is 12.4 Å². The van der Waals surface area contributed by atoms with Crippen molar-refractivity contribution in [3.63, 3.8) is 0 Å². The highest BCUT2D eigenvalue weighted by Gasteiger charge is 1.98. The highest BCUT2D eigenvalue weighted by Crippen LogP contribution is 2.27. The van der Waals surface area contributed by atoms with Gasteiger partial charge < -0.3 is 5.73 Å². The number of aliphatic imine (C=N–C) groups is 1. The molecular weight excluding hydrogens is 230 g/mol. The summed E-state index contributed by atoms with van der Waals surface area (Å²) in [6, 6.07) is 5.07. The molecule has 0 aromatic heterocycles. The number of nitrogens with two attached hydrogens (primary N) is 1. The molecule has 0 unspecified atom stereocenters. The van der Waals surface area contributed by atoms with Gasteiger partial charge in [0.1, 0.15) is 0 Å². The predicted molar refractivity (Wildman–Crippen MR) is 60.7 cm³/mol. The molecule has 1 aromatic rings. The van der Waals surface area contributed by atoms with E-state index in [4.69, 9.17) is 28.9 Å². The van der Waals surface area contributed by atoms with E-state index in [9.17, 15) is 0 Å². The quantitative estimate of drug-likeness (QED) is 0.592. The molecule has 0 fully saturated rings. The Hall–Kier alpha value is -0.440. The minimum absolute atomic E-state index is 0. The van der Waals surface area contributed by atoms with Crippen molar-refractivity contribution in [3.8, 4) is 0 Å². The molecule has 0 heterocycles. The Bertz CT molecular complexity index is 319. The molecule has 2 N–H and O–H groups in total. The highest BCUT2D eigenvalue weighted by molar-refractivity contribution is 6.36. The van der Waals surface area contributed by atoms with E-state index >= 15 is 0 Å². The van der Waals surface area contributed by atoms with E-state index < -0.39 is 0 Å². The molecule has 0 saturated heterocycles. The summed E-state index contributed by atoms with van der Waals surface area (Å²) in [6.07, 6.45) is 0. The maximum atomic E-state index is 5.83. The molecule has 0 aliphatic heterocycles. The number of hydrogen-bond donors (Lipinski definition) is 1. The van der Waals surface area contributed by atoms with Gasteiger partial charge in [-0.3, -0.25) is 0 Å². The first kappa shape index (κ1) is 12.6. The number of hydrogen-bond acceptors (Lipinski definition) is 1. The number of halogens is 3. The smallest absolute Gasteiger partial charge is 0.0965 e. The van der Waals surface area contributed by atoms with Crippen LogP contribution in [0.3, 0.4) is 0 Å². The summed E-state index contributed by atoms with van der Waals surface area (Å²) < 4.78 is 0. The van der Waals surface area contributed by atoms with Crippen LogP contribution in [0.1, 0.15) is 6.92 Å². The van der Waals surface area contributed by atoms with Crippen molar-refractivity contribution < 1.29 is 0 Å². The normalized spacial score (nSPS) is 10.8. The van der Waals surface area contributed by atoms with Crippen LogP contribution in [-0.2, 0) is 0 Å². The monoisotopic (exact) mass is 238 g/mol. The van der Waals surface area contributed by atoms with Crippen LogP contribution in [0.15, 0.2) is 23.2 Å². The molecule has 13 heavy (non-hydrogen) atoms. The molecule has 0 aliphatic carbocycles. The predicted octanol–water partition coefficient (Wildman–Crippen LogP) is 3.42. The molecule has 0 aliphatic rings. The van der Waals surface area contributed by atoms with E-state index in [1.165, 1.54) is 0 Å². The largest absolute Gasteiger partial charge is 0.387 e. The van der Waals surface area contributed by atoms with Gasteiger partial charge in [-0.05, 0) is 25.1 Å². The second-order valence-electron chi connectivity index (χ2n) is 2.35. The zero-order valence-corrected chi connectivity index (χ0v) is 9.25. The van der Waals surface area contributed by atoms with Gasteiger partial charge in [-0.1, -0.05) is 23.2 Å². The van der Waals surface area contributed by atoms with Crippen LogP contribution in [0.25, 0.3) is 0 Å². The summed E-state index contributed by atoms with van der Waals surface area (Å²) in [7, 11) is 0. The van der Waals surface area contributed by atoms with E-state index in [1.54, 1.807) is 25.1 Å². The Morgan fingerprint density at radius 3 is 2.46 bits per heavy atom. The van der Waals surface area contributed by atoms with Gasteiger partial charge >= 0.3 is 0 Å². The minimum atomic E-state index is 0. The van der Waals surface area contributed by atoms with Crippen molar-refractivity contribution in [2.24, 2.45) is 10.7 Å². The topological polar surface area (TPSA) is 38.4 Å². The third kappa shape index (κ3) is 3.85. The fourth-order valence-corrected chi connectivity index (χ4v) is 1.21. The Morgan fingerprint density at radius 1 is 1.38 bits per heavy atom. The first-order valence-corrected chi connectivity index (χ1v) is 4.11. The molecule has 0 atom stereocenters. The van der Waals surface area contributed by atoms with Gasteiger partial charge in [0, 0.05) is 5.02 Å². The molecule has 0 spiro atoms. The van der Waals surface area contributed by atoms with Crippen molar-refractivity contribution >= 4 is 47.1 Å². The molecule has 0 amide bonds. The first-order chi connectivity index (χ1) is 5.59. The lowest BCUT2D eigenvalue weighted by Gasteiger charge is -1.98. The van der Waals surface area contributed by atoms with Gasteiger partial charge in [-0.2, -0.15) is 0 Å². The Kier molecular flexibility index (Phi) is 5.14. The lowest BCUT2D eigenvalue weighted by Crippen LogP contribution is -2.03. The van der Waals surface area contributed by atoms with Crippen molar-refractivity contribution in [2.75, 3.05) is 0 Å². The average molecular weight is 240 g/mol. The molecule has 2 nitrogen and oxygen atoms in total. The van der Waals surface area contributed by atoms with Crippen molar-refractivity contribution in [3.05, 3.63) is 28.2 Å². The van der Waals surface area contributed by atoms with Gasteiger partial charge in [-0.15, -0.1) is 12.4 Å². The number of nitrogens with zero attached hydrogens (tertiary/aromatic N) is 1. The zero-order valence-electron chi connectivity index (χ0n) is 6.92. The van der Waals surface area contributed by atoms with Crippen molar-refractivity contribution in [1.82, 2.24) is 0 Å². The van der Waals surface area contributed by atoms with Gasteiger partial charge in [0.2, 0.25) is 0 Å². The zero-order chi connectivity index (χ0) is 9.14. The SMILES string of the molecule is CC(N)=Nc1ccc(Cl)cc1Cl.Cl. The third-order valence-electron chi connectivity index (χ3n) is 1.21. The Balaban J connectivity index is 0.00000144. The second-order valence-corrected chi connectivity index (χ2v) is 3.19. The van der Waals surface area contributed by atoms with E-state index in [0.717, 1.165) is 0 Å². The summed E-state index contributed by atoms with van der Waals surface area (Å²) in [6.45, 7) is 1.70. The van der Waals surface area contributed by atoms with Crippen LogP contribution in [0, 0.1) is 0 Å². The molecule has 72 valence electrons. The van der Waals surface area contributed by atoms with Gasteiger partial charge in [0.05, 0.1) is 16.5 Å². The minimum Gasteiger partial charge on any atom is -0.387 e. The van der Waals surface area contributed by atoms with Gasteiger partial charge in [0.15, 0.2) is 0 Å². The second kappa shape index (κ2) is 5.32. The fraction of sp³-hybridized carbons (Fsp3) is 0.125. The summed E-state index contributed by atoms with van der Waals surface area (Å²) in [5, 5.41) is 1.10. The average Bonchev–Trinajstić information content (AvgIpc) is 1.94. The van der Waals surface area contributed by atoms with Crippen LogP contribution >= 0.6 is 35.6 Å². The lowest BCUT2D eigenvalue weighted by atomic mass is 10.3. The van der Waals surface area contributed by atoms with E-state index in [1.807, 2.05) is 0 Å². The molecule has 1 rings (SSSR count). The summed E-state index contributed by atoms with van der Waals surface area (Å²) in [5.74, 6) is 0.472. The van der Waals surface area contributed by atoms with Crippen LogP contribution in [-0.4, -0.2) is 5.84 Å². The van der Waals surface area contributed by atoms with Crippen LogP contribution in [0.4, 0.5) is 5.69 Å². The molecule has 0 bridgehead atoms. The van der Waals surface area contributed by atoms with Crippen LogP contribution < -0.4 is 5.73 Å².